The molecule has 6 nitrogen and oxygen atoms in total. The van der Waals surface area contributed by atoms with Gasteiger partial charge in [0.2, 0.25) is 0 Å². The molecule has 0 atom stereocenters. The first-order valence-corrected chi connectivity index (χ1v) is 5.57. The summed E-state index contributed by atoms with van der Waals surface area (Å²) in [6.07, 6.45) is 2.69. The third kappa shape index (κ3) is 3.67. The highest BCUT2D eigenvalue weighted by Gasteiger charge is 2.21. The van der Waals surface area contributed by atoms with E-state index in [1.54, 1.807) is 6.07 Å². The van der Waals surface area contributed by atoms with Gasteiger partial charge in [-0.2, -0.15) is 0 Å². The minimum Gasteiger partial charge on any atom is -0.388 e. The summed E-state index contributed by atoms with van der Waals surface area (Å²) in [7, 11) is 0. The normalized spacial score (nSPS) is 11.2. The number of nitrogens with zero attached hydrogens (tertiary/aromatic N) is 2. The average Bonchev–Trinajstić information content (AvgIpc) is 2.36. The minimum atomic E-state index is -0.748. The van der Waals surface area contributed by atoms with E-state index in [-0.39, 0.29) is 5.82 Å². The molecule has 1 heterocycles. The molecular weight excluding hydrogens is 222 g/mol. The molecule has 0 aliphatic carbocycles. The monoisotopic (exact) mass is 239 g/mol. The molecule has 0 spiro atoms. The van der Waals surface area contributed by atoms with Gasteiger partial charge in [-0.05, 0) is 28.8 Å². The number of anilines is 1. The van der Waals surface area contributed by atoms with Gasteiger partial charge in [0.25, 0.3) is 0 Å². The van der Waals surface area contributed by atoms with Crippen LogP contribution < -0.4 is 5.32 Å². The Morgan fingerprint density at radius 3 is 2.53 bits per heavy atom. The van der Waals surface area contributed by atoms with Gasteiger partial charge in [0, 0.05) is 12.6 Å². The molecule has 17 heavy (non-hydrogen) atoms. The second-order valence-electron chi connectivity index (χ2n) is 3.95. The molecule has 0 bridgehead atoms. The van der Waals surface area contributed by atoms with Crippen LogP contribution in [0.25, 0.3) is 0 Å². The van der Waals surface area contributed by atoms with Crippen molar-refractivity contribution in [2.45, 2.75) is 32.3 Å². The topological polar surface area (TPSA) is 88.3 Å². The maximum Gasteiger partial charge on any atom is 0.363 e. The molecule has 0 radical (unpaired) electrons. The summed E-state index contributed by atoms with van der Waals surface area (Å²) in [6, 6.07) is 2.91. The van der Waals surface area contributed by atoms with Crippen molar-refractivity contribution in [3.63, 3.8) is 0 Å². The Morgan fingerprint density at radius 1 is 1.47 bits per heavy atom. The van der Waals surface area contributed by atoms with Gasteiger partial charge < -0.3 is 20.5 Å². The maximum absolute atomic E-state index is 10.4. The highest BCUT2D eigenvalue weighted by molar-refractivity contribution is 5.43. The number of aromatic nitrogens is 1. The molecule has 2 N–H and O–H groups in total. The fraction of sp³-hybridized carbons (Fsp3) is 0.545. The quantitative estimate of drug-likeness (QED) is 0.585. The standard InChI is InChI=1S/C11H17N3O3/c1-3-11(15,4-2)8-13-9-5-6-10(12-7-9)14(16)17/h5-7,13,15H,3-4,8H2,1-2H3. The predicted molar refractivity (Wildman–Crippen MR) is 64.9 cm³/mol. The maximum atomic E-state index is 10.4. The molecular formula is C11H17N3O3. The lowest BCUT2D eigenvalue weighted by molar-refractivity contribution is -0.389. The Morgan fingerprint density at radius 2 is 2.12 bits per heavy atom. The second-order valence-corrected chi connectivity index (χ2v) is 3.95. The van der Waals surface area contributed by atoms with Crippen LogP contribution in [0.5, 0.6) is 0 Å². The molecule has 1 aromatic rings. The third-order valence-electron chi connectivity index (χ3n) is 2.87. The van der Waals surface area contributed by atoms with Gasteiger partial charge >= 0.3 is 5.82 Å². The van der Waals surface area contributed by atoms with Crippen molar-refractivity contribution in [2.75, 3.05) is 11.9 Å². The number of hydrogen-bond donors (Lipinski definition) is 2. The SMILES string of the molecule is CCC(O)(CC)CNc1ccc([N+](=O)[O-])nc1. The molecule has 0 saturated heterocycles. The Hall–Kier alpha value is -1.69. The third-order valence-corrected chi connectivity index (χ3v) is 2.87. The van der Waals surface area contributed by atoms with Gasteiger partial charge in [-0.1, -0.05) is 13.8 Å². The second kappa shape index (κ2) is 5.58. The summed E-state index contributed by atoms with van der Waals surface area (Å²) < 4.78 is 0. The molecule has 1 rings (SSSR count). The van der Waals surface area contributed by atoms with Gasteiger partial charge in [-0.3, -0.25) is 0 Å². The van der Waals surface area contributed by atoms with Crippen LogP contribution in [0.2, 0.25) is 0 Å². The lowest BCUT2D eigenvalue weighted by Crippen LogP contribution is -2.35. The average molecular weight is 239 g/mol. The van der Waals surface area contributed by atoms with E-state index in [9.17, 15) is 15.2 Å². The lowest BCUT2D eigenvalue weighted by atomic mass is 9.97. The van der Waals surface area contributed by atoms with Crippen LogP contribution >= 0.6 is 0 Å². The molecule has 0 unspecified atom stereocenters. The molecule has 0 fully saturated rings. The van der Waals surface area contributed by atoms with E-state index in [0.717, 1.165) is 0 Å². The van der Waals surface area contributed by atoms with Crippen molar-refractivity contribution in [1.29, 1.82) is 0 Å². The van der Waals surface area contributed by atoms with Crippen LogP contribution in [0.3, 0.4) is 0 Å². The zero-order valence-corrected chi connectivity index (χ0v) is 10.0. The van der Waals surface area contributed by atoms with E-state index in [1.807, 2.05) is 13.8 Å². The highest BCUT2D eigenvalue weighted by Crippen LogP contribution is 2.17. The summed E-state index contributed by atoms with van der Waals surface area (Å²) >= 11 is 0. The first kappa shape index (κ1) is 13.4. The van der Waals surface area contributed by atoms with Gasteiger partial charge in [-0.25, -0.2) is 0 Å². The number of aliphatic hydroxyl groups is 1. The summed E-state index contributed by atoms with van der Waals surface area (Å²) in [5, 5.41) is 23.5. The van der Waals surface area contributed by atoms with E-state index < -0.39 is 10.5 Å². The molecule has 0 saturated carbocycles. The fourth-order valence-electron chi connectivity index (χ4n) is 1.37. The van der Waals surface area contributed by atoms with Gasteiger partial charge in [0.1, 0.15) is 0 Å². The van der Waals surface area contributed by atoms with Crippen molar-refractivity contribution >= 4 is 11.5 Å². The highest BCUT2D eigenvalue weighted by atomic mass is 16.6. The van der Waals surface area contributed by atoms with Crippen LogP contribution in [-0.2, 0) is 0 Å². The summed E-state index contributed by atoms with van der Waals surface area (Å²) in [5.74, 6) is -0.184. The molecule has 0 aromatic carbocycles. The summed E-state index contributed by atoms with van der Waals surface area (Å²) in [6.45, 7) is 4.23. The van der Waals surface area contributed by atoms with E-state index >= 15 is 0 Å². The number of rotatable bonds is 6. The van der Waals surface area contributed by atoms with Gasteiger partial charge in [-0.15, -0.1) is 0 Å². The molecule has 6 heteroatoms. The number of nitro groups is 1. The van der Waals surface area contributed by atoms with Crippen LogP contribution in [0, 0.1) is 10.1 Å². The summed E-state index contributed by atoms with van der Waals surface area (Å²) in [5.41, 5.74) is -0.0853. The van der Waals surface area contributed by atoms with Crippen molar-refractivity contribution in [1.82, 2.24) is 4.98 Å². The van der Waals surface area contributed by atoms with Crippen molar-refractivity contribution < 1.29 is 10.0 Å². The van der Waals surface area contributed by atoms with Crippen LogP contribution in [0.4, 0.5) is 11.5 Å². The number of pyridine rings is 1. The van der Waals surface area contributed by atoms with E-state index in [1.165, 1.54) is 12.3 Å². The lowest BCUT2D eigenvalue weighted by Gasteiger charge is -2.25. The largest absolute Gasteiger partial charge is 0.388 e. The zero-order valence-electron chi connectivity index (χ0n) is 10.0. The molecule has 1 aromatic heterocycles. The Kier molecular flexibility index (Phi) is 4.39. The number of hydrogen-bond acceptors (Lipinski definition) is 5. The fourth-order valence-corrected chi connectivity index (χ4v) is 1.37. The van der Waals surface area contributed by atoms with Crippen molar-refractivity contribution in [2.24, 2.45) is 0 Å². The summed E-state index contributed by atoms with van der Waals surface area (Å²) in [4.78, 5) is 13.5. The van der Waals surface area contributed by atoms with E-state index in [4.69, 9.17) is 0 Å². The van der Waals surface area contributed by atoms with Gasteiger partial charge in [0.05, 0.1) is 11.3 Å². The van der Waals surface area contributed by atoms with E-state index in [2.05, 4.69) is 10.3 Å². The van der Waals surface area contributed by atoms with Crippen LogP contribution in [-0.4, -0.2) is 27.2 Å². The molecule has 0 aliphatic rings. The smallest absolute Gasteiger partial charge is 0.363 e. The van der Waals surface area contributed by atoms with Crippen LogP contribution in [0.15, 0.2) is 18.3 Å². The minimum absolute atomic E-state index is 0.184. The first-order valence-electron chi connectivity index (χ1n) is 5.57. The first-order chi connectivity index (χ1) is 8.00. The zero-order chi connectivity index (χ0) is 12.9. The van der Waals surface area contributed by atoms with Crippen molar-refractivity contribution in [3.8, 4) is 0 Å². The molecule has 94 valence electrons. The predicted octanol–water partition coefficient (Wildman–Crippen LogP) is 1.95. The van der Waals surface area contributed by atoms with E-state index in [0.29, 0.717) is 25.1 Å². The Labute approximate surface area is 99.8 Å². The molecule has 0 amide bonds. The Bertz CT molecular complexity index is 374. The van der Waals surface area contributed by atoms with Crippen LogP contribution in [0.1, 0.15) is 26.7 Å². The number of nitrogens with one attached hydrogen (secondary N) is 1. The van der Waals surface area contributed by atoms with Gasteiger partial charge in [0.15, 0.2) is 6.20 Å². The molecule has 0 aliphatic heterocycles. The Balaban J connectivity index is 2.61. The van der Waals surface area contributed by atoms with Crippen molar-refractivity contribution in [3.05, 3.63) is 28.4 Å².